The minimum absolute atomic E-state index is 0.666. The first-order chi connectivity index (χ1) is 8.88. The lowest BCUT2D eigenvalue weighted by Gasteiger charge is -2.28. The summed E-state index contributed by atoms with van der Waals surface area (Å²) >= 11 is 0. The number of nitrogens with zero attached hydrogens (tertiary/aromatic N) is 2. The SMILES string of the molecule is C=C(C(CC)CCCCN(C)C)N(C)CCC(C)C. The Balaban J connectivity index is 4.01. The van der Waals surface area contributed by atoms with E-state index in [1.807, 2.05) is 0 Å². The maximum absolute atomic E-state index is 4.33. The van der Waals surface area contributed by atoms with Crippen molar-refractivity contribution in [3.05, 3.63) is 12.3 Å². The summed E-state index contributed by atoms with van der Waals surface area (Å²) in [5.74, 6) is 1.44. The summed E-state index contributed by atoms with van der Waals surface area (Å²) in [7, 11) is 6.50. The molecule has 0 aliphatic heterocycles. The Morgan fingerprint density at radius 1 is 1.00 bits per heavy atom. The molecular weight excluding hydrogens is 232 g/mol. The summed E-state index contributed by atoms with van der Waals surface area (Å²) in [5.41, 5.74) is 1.34. The van der Waals surface area contributed by atoms with Crippen LogP contribution in [0.1, 0.15) is 52.9 Å². The predicted octanol–water partition coefficient (Wildman–Crippen LogP) is 4.24. The molecule has 2 nitrogen and oxygen atoms in total. The van der Waals surface area contributed by atoms with Crippen molar-refractivity contribution in [2.45, 2.75) is 52.9 Å². The number of unbranched alkanes of at least 4 members (excludes halogenated alkanes) is 1. The van der Waals surface area contributed by atoms with Gasteiger partial charge in [0, 0.05) is 19.3 Å². The van der Waals surface area contributed by atoms with Gasteiger partial charge in [-0.15, -0.1) is 0 Å². The molecule has 0 aliphatic carbocycles. The van der Waals surface area contributed by atoms with Gasteiger partial charge in [-0.05, 0) is 58.2 Å². The van der Waals surface area contributed by atoms with Crippen LogP contribution in [0.15, 0.2) is 12.3 Å². The first-order valence-electron chi connectivity index (χ1n) is 7.93. The van der Waals surface area contributed by atoms with E-state index in [0.717, 1.165) is 12.5 Å². The van der Waals surface area contributed by atoms with Gasteiger partial charge in [-0.25, -0.2) is 0 Å². The quantitative estimate of drug-likeness (QED) is 0.517. The van der Waals surface area contributed by atoms with Crippen LogP contribution in [0.5, 0.6) is 0 Å². The molecule has 0 saturated heterocycles. The molecule has 0 N–H and O–H groups in total. The van der Waals surface area contributed by atoms with Crippen LogP contribution in [-0.4, -0.2) is 44.0 Å². The lowest BCUT2D eigenvalue weighted by atomic mass is 9.95. The van der Waals surface area contributed by atoms with E-state index in [-0.39, 0.29) is 0 Å². The Morgan fingerprint density at radius 3 is 2.11 bits per heavy atom. The summed E-state index contributed by atoms with van der Waals surface area (Å²) in [4.78, 5) is 4.64. The van der Waals surface area contributed by atoms with E-state index in [9.17, 15) is 0 Å². The number of hydrogen-bond acceptors (Lipinski definition) is 2. The molecule has 2 heteroatoms. The molecule has 0 aromatic carbocycles. The van der Waals surface area contributed by atoms with E-state index in [0.29, 0.717) is 5.92 Å². The van der Waals surface area contributed by atoms with E-state index >= 15 is 0 Å². The van der Waals surface area contributed by atoms with Crippen molar-refractivity contribution in [1.82, 2.24) is 9.80 Å². The fraction of sp³-hybridized carbons (Fsp3) is 0.882. The monoisotopic (exact) mass is 268 g/mol. The first-order valence-corrected chi connectivity index (χ1v) is 7.93. The van der Waals surface area contributed by atoms with Crippen LogP contribution in [0.25, 0.3) is 0 Å². The maximum Gasteiger partial charge on any atom is 0.0174 e. The van der Waals surface area contributed by atoms with Gasteiger partial charge in [-0.1, -0.05) is 33.8 Å². The molecule has 114 valence electrons. The Hall–Kier alpha value is -0.500. The standard InChI is InChI=1S/C17H36N2/c1-8-17(11-9-10-13-18(5)6)16(4)19(7)14-12-15(2)3/h15,17H,4,8-14H2,1-3,5-7H3. The van der Waals surface area contributed by atoms with Crippen LogP contribution in [0.2, 0.25) is 0 Å². The van der Waals surface area contributed by atoms with Crippen molar-refractivity contribution in [2.24, 2.45) is 11.8 Å². The number of allylic oxidation sites excluding steroid dienone is 1. The van der Waals surface area contributed by atoms with Crippen molar-refractivity contribution in [3.8, 4) is 0 Å². The molecular formula is C17H36N2. The van der Waals surface area contributed by atoms with Gasteiger partial charge in [-0.2, -0.15) is 0 Å². The fourth-order valence-corrected chi connectivity index (χ4v) is 2.33. The van der Waals surface area contributed by atoms with E-state index in [1.54, 1.807) is 0 Å². The zero-order valence-corrected chi connectivity index (χ0v) is 14.2. The van der Waals surface area contributed by atoms with E-state index in [4.69, 9.17) is 0 Å². The lowest BCUT2D eigenvalue weighted by molar-refractivity contribution is 0.313. The predicted molar refractivity (Wildman–Crippen MR) is 87.4 cm³/mol. The lowest BCUT2D eigenvalue weighted by Crippen LogP contribution is -2.24. The second-order valence-corrected chi connectivity index (χ2v) is 6.50. The average molecular weight is 268 g/mol. The zero-order chi connectivity index (χ0) is 14.8. The summed E-state index contributed by atoms with van der Waals surface area (Å²) < 4.78 is 0. The van der Waals surface area contributed by atoms with Crippen LogP contribution in [0.4, 0.5) is 0 Å². The molecule has 0 aliphatic rings. The van der Waals surface area contributed by atoms with Gasteiger partial charge in [0.05, 0.1) is 0 Å². The molecule has 0 saturated carbocycles. The molecule has 19 heavy (non-hydrogen) atoms. The molecule has 1 unspecified atom stereocenters. The smallest absolute Gasteiger partial charge is 0.0174 e. The third-order valence-electron chi connectivity index (χ3n) is 3.90. The van der Waals surface area contributed by atoms with Crippen molar-refractivity contribution >= 4 is 0 Å². The Labute approximate surface area is 121 Å². The molecule has 0 radical (unpaired) electrons. The van der Waals surface area contributed by atoms with Crippen LogP contribution in [0.3, 0.4) is 0 Å². The molecule has 0 heterocycles. The van der Waals surface area contributed by atoms with Gasteiger partial charge in [0.15, 0.2) is 0 Å². The highest BCUT2D eigenvalue weighted by Crippen LogP contribution is 2.23. The minimum Gasteiger partial charge on any atom is -0.378 e. The van der Waals surface area contributed by atoms with Gasteiger partial charge in [0.1, 0.15) is 0 Å². The molecule has 0 fully saturated rings. The van der Waals surface area contributed by atoms with Crippen LogP contribution in [-0.2, 0) is 0 Å². The second kappa shape index (κ2) is 10.3. The Bertz CT molecular complexity index is 233. The third kappa shape index (κ3) is 9.10. The van der Waals surface area contributed by atoms with Gasteiger partial charge >= 0.3 is 0 Å². The molecule has 0 aromatic rings. The summed E-state index contributed by atoms with van der Waals surface area (Å²) in [6.45, 7) is 13.5. The molecule has 0 spiro atoms. The summed E-state index contributed by atoms with van der Waals surface area (Å²) in [6.07, 6.45) is 6.37. The van der Waals surface area contributed by atoms with Gasteiger partial charge < -0.3 is 9.80 Å². The highest BCUT2D eigenvalue weighted by molar-refractivity contribution is 4.98. The Morgan fingerprint density at radius 2 is 1.63 bits per heavy atom. The molecule has 1 atom stereocenters. The number of hydrogen-bond donors (Lipinski definition) is 0. The van der Waals surface area contributed by atoms with Crippen LogP contribution in [0, 0.1) is 11.8 Å². The van der Waals surface area contributed by atoms with Gasteiger partial charge in [0.25, 0.3) is 0 Å². The summed E-state index contributed by atoms with van der Waals surface area (Å²) in [6, 6.07) is 0. The van der Waals surface area contributed by atoms with Crippen molar-refractivity contribution < 1.29 is 0 Å². The largest absolute Gasteiger partial charge is 0.378 e. The van der Waals surface area contributed by atoms with Crippen molar-refractivity contribution in [3.63, 3.8) is 0 Å². The Kier molecular flexibility index (Phi) is 10.0. The zero-order valence-electron chi connectivity index (χ0n) is 14.2. The molecule has 0 aromatic heterocycles. The van der Waals surface area contributed by atoms with E-state index in [2.05, 4.69) is 58.3 Å². The van der Waals surface area contributed by atoms with Crippen LogP contribution < -0.4 is 0 Å². The first kappa shape index (κ1) is 18.5. The van der Waals surface area contributed by atoms with E-state index < -0.39 is 0 Å². The average Bonchev–Trinajstić information content (AvgIpc) is 2.35. The topological polar surface area (TPSA) is 6.48 Å². The van der Waals surface area contributed by atoms with Crippen LogP contribution >= 0.6 is 0 Å². The highest BCUT2D eigenvalue weighted by Gasteiger charge is 2.14. The molecule has 0 amide bonds. The van der Waals surface area contributed by atoms with E-state index in [1.165, 1.54) is 44.3 Å². The fourth-order valence-electron chi connectivity index (χ4n) is 2.33. The number of rotatable bonds is 11. The molecule has 0 bridgehead atoms. The molecule has 0 rings (SSSR count). The maximum atomic E-state index is 4.33. The second-order valence-electron chi connectivity index (χ2n) is 6.50. The van der Waals surface area contributed by atoms with Crippen molar-refractivity contribution in [2.75, 3.05) is 34.2 Å². The highest BCUT2D eigenvalue weighted by atomic mass is 15.1. The third-order valence-corrected chi connectivity index (χ3v) is 3.90. The van der Waals surface area contributed by atoms with Gasteiger partial charge in [-0.3, -0.25) is 0 Å². The van der Waals surface area contributed by atoms with Crippen molar-refractivity contribution in [1.29, 1.82) is 0 Å². The minimum atomic E-state index is 0.666. The van der Waals surface area contributed by atoms with Gasteiger partial charge in [0.2, 0.25) is 0 Å². The summed E-state index contributed by atoms with van der Waals surface area (Å²) in [5, 5.41) is 0. The normalized spacial score (nSPS) is 13.1.